The fraction of sp³-hybridized carbons (Fsp3) is 0.357. The molecule has 0 saturated carbocycles. The third kappa shape index (κ3) is 2.62. The second-order valence-corrected chi connectivity index (χ2v) is 5.75. The number of thioether (sulfide) groups is 1. The fourth-order valence-corrected chi connectivity index (χ4v) is 3.20. The van der Waals surface area contributed by atoms with Gasteiger partial charge in [0.15, 0.2) is 5.58 Å². The molecule has 1 aliphatic heterocycles. The number of aromatic nitrogens is 1. The number of oxazole rings is 1. The van der Waals surface area contributed by atoms with Gasteiger partial charge in [-0.15, -0.1) is 11.8 Å². The van der Waals surface area contributed by atoms with Crippen molar-refractivity contribution in [3.63, 3.8) is 0 Å². The smallest absolute Gasteiger partial charge is 0.408 e. The van der Waals surface area contributed by atoms with Gasteiger partial charge in [-0.25, -0.2) is 4.79 Å². The first-order chi connectivity index (χ1) is 9.24. The Kier molecular flexibility index (Phi) is 3.48. The molecule has 1 saturated heterocycles. The summed E-state index contributed by atoms with van der Waals surface area (Å²) >= 11 is 1.97. The van der Waals surface area contributed by atoms with Gasteiger partial charge in [0, 0.05) is 31.8 Å². The van der Waals surface area contributed by atoms with Crippen LogP contribution in [0.2, 0.25) is 0 Å². The van der Waals surface area contributed by atoms with Crippen molar-refractivity contribution in [3.05, 3.63) is 40.4 Å². The SMILES string of the molecule is Cn1c(=O)oc2cc(C=CCN3CCSC3)ccc21. The molecule has 0 amide bonds. The van der Waals surface area contributed by atoms with Crippen LogP contribution in [-0.4, -0.2) is 34.2 Å². The Balaban J connectivity index is 1.77. The normalized spacial score (nSPS) is 16.9. The molecule has 5 heteroatoms. The van der Waals surface area contributed by atoms with E-state index in [4.69, 9.17) is 4.42 Å². The Morgan fingerprint density at radius 3 is 3.16 bits per heavy atom. The van der Waals surface area contributed by atoms with Crippen LogP contribution < -0.4 is 5.76 Å². The van der Waals surface area contributed by atoms with Crippen LogP contribution in [0.4, 0.5) is 0 Å². The highest BCUT2D eigenvalue weighted by Gasteiger charge is 2.09. The van der Waals surface area contributed by atoms with Crippen LogP contribution in [0.5, 0.6) is 0 Å². The minimum Gasteiger partial charge on any atom is -0.408 e. The first-order valence-electron chi connectivity index (χ1n) is 6.30. The van der Waals surface area contributed by atoms with E-state index in [0.717, 1.165) is 23.5 Å². The van der Waals surface area contributed by atoms with Crippen molar-refractivity contribution in [3.8, 4) is 0 Å². The van der Waals surface area contributed by atoms with Crippen LogP contribution in [0.1, 0.15) is 5.56 Å². The maximum Gasteiger partial charge on any atom is 0.419 e. The van der Waals surface area contributed by atoms with Gasteiger partial charge in [-0.05, 0) is 17.7 Å². The van der Waals surface area contributed by atoms with Gasteiger partial charge < -0.3 is 4.42 Å². The quantitative estimate of drug-likeness (QED) is 0.861. The van der Waals surface area contributed by atoms with E-state index in [1.807, 2.05) is 30.0 Å². The zero-order chi connectivity index (χ0) is 13.2. The molecule has 1 fully saturated rings. The van der Waals surface area contributed by atoms with E-state index in [0.29, 0.717) is 5.58 Å². The summed E-state index contributed by atoms with van der Waals surface area (Å²) in [5.41, 5.74) is 2.54. The zero-order valence-electron chi connectivity index (χ0n) is 10.8. The molecule has 1 aromatic carbocycles. The minimum absolute atomic E-state index is 0.315. The van der Waals surface area contributed by atoms with E-state index in [1.54, 1.807) is 7.05 Å². The van der Waals surface area contributed by atoms with Crippen molar-refractivity contribution in [2.45, 2.75) is 0 Å². The Labute approximate surface area is 115 Å². The van der Waals surface area contributed by atoms with Crippen LogP contribution in [0.15, 0.2) is 33.5 Å². The van der Waals surface area contributed by atoms with E-state index in [1.165, 1.54) is 16.9 Å². The zero-order valence-corrected chi connectivity index (χ0v) is 11.7. The van der Waals surface area contributed by atoms with Crippen molar-refractivity contribution in [1.82, 2.24) is 9.47 Å². The third-order valence-corrected chi connectivity index (χ3v) is 4.33. The Bertz CT molecular complexity index is 666. The van der Waals surface area contributed by atoms with Gasteiger partial charge in [-0.2, -0.15) is 0 Å². The molecule has 0 spiro atoms. The first-order valence-corrected chi connectivity index (χ1v) is 7.46. The molecule has 0 radical (unpaired) electrons. The fourth-order valence-electron chi connectivity index (χ4n) is 2.19. The molecule has 1 aromatic heterocycles. The van der Waals surface area contributed by atoms with Gasteiger partial charge in [0.1, 0.15) is 0 Å². The Morgan fingerprint density at radius 2 is 2.37 bits per heavy atom. The lowest BCUT2D eigenvalue weighted by Gasteiger charge is -2.09. The third-order valence-electron chi connectivity index (χ3n) is 3.32. The summed E-state index contributed by atoms with van der Waals surface area (Å²) in [6.07, 6.45) is 4.24. The summed E-state index contributed by atoms with van der Waals surface area (Å²) < 4.78 is 6.70. The number of nitrogens with zero attached hydrogens (tertiary/aromatic N) is 2. The average molecular weight is 276 g/mol. The lowest BCUT2D eigenvalue weighted by molar-refractivity contribution is 0.397. The second-order valence-electron chi connectivity index (χ2n) is 4.67. The lowest BCUT2D eigenvalue weighted by atomic mass is 10.2. The van der Waals surface area contributed by atoms with Crippen LogP contribution in [0.3, 0.4) is 0 Å². The van der Waals surface area contributed by atoms with E-state index in [9.17, 15) is 4.79 Å². The molecule has 3 rings (SSSR count). The number of fused-ring (bicyclic) bond motifs is 1. The van der Waals surface area contributed by atoms with Crippen molar-refractivity contribution in [2.75, 3.05) is 24.7 Å². The minimum atomic E-state index is -0.315. The summed E-state index contributed by atoms with van der Waals surface area (Å²) in [4.78, 5) is 13.8. The number of rotatable bonds is 3. The summed E-state index contributed by atoms with van der Waals surface area (Å²) in [5, 5.41) is 0. The molecule has 0 aliphatic carbocycles. The van der Waals surface area contributed by atoms with E-state index in [2.05, 4.69) is 17.1 Å². The summed E-state index contributed by atoms with van der Waals surface area (Å²) in [5.74, 6) is 2.04. The number of aryl methyl sites for hydroxylation is 1. The Morgan fingerprint density at radius 1 is 1.47 bits per heavy atom. The highest BCUT2D eigenvalue weighted by atomic mass is 32.2. The van der Waals surface area contributed by atoms with Gasteiger partial charge in [0.25, 0.3) is 0 Å². The Hall–Kier alpha value is -1.46. The van der Waals surface area contributed by atoms with Gasteiger partial charge in [0.2, 0.25) is 0 Å². The largest absolute Gasteiger partial charge is 0.419 e. The molecule has 19 heavy (non-hydrogen) atoms. The van der Waals surface area contributed by atoms with Crippen LogP contribution in [0, 0.1) is 0 Å². The van der Waals surface area contributed by atoms with Gasteiger partial charge in [-0.3, -0.25) is 9.47 Å². The van der Waals surface area contributed by atoms with Crippen molar-refractivity contribution >= 4 is 28.9 Å². The van der Waals surface area contributed by atoms with Crippen LogP contribution >= 0.6 is 11.8 Å². The molecular formula is C14H16N2O2S. The molecule has 2 heterocycles. The highest BCUT2D eigenvalue weighted by molar-refractivity contribution is 7.99. The maximum absolute atomic E-state index is 11.4. The van der Waals surface area contributed by atoms with Crippen molar-refractivity contribution in [2.24, 2.45) is 7.05 Å². The van der Waals surface area contributed by atoms with E-state index in [-0.39, 0.29) is 5.76 Å². The molecule has 0 atom stereocenters. The first kappa shape index (κ1) is 12.6. The summed E-state index contributed by atoms with van der Waals surface area (Å²) in [6.45, 7) is 2.14. The van der Waals surface area contributed by atoms with Crippen molar-refractivity contribution in [1.29, 1.82) is 0 Å². The topological polar surface area (TPSA) is 38.4 Å². The molecule has 0 unspecified atom stereocenters. The average Bonchev–Trinajstić information content (AvgIpc) is 3.00. The summed E-state index contributed by atoms with van der Waals surface area (Å²) in [7, 11) is 1.72. The molecule has 100 valence electrons. The predicted molar refractivity (Wildman–Crippen MR) is 79.4 cm³/mol. The second kappa shape index (κ2) is 5.27. The van der Waals surface area contributed by atoms with E-state index >= 15 is 0 Å². The number of benzene rings is 1. The van der Waals surface area contributed by atoms with Crippen molar-refractivity contribution < 1.29 is 4.42 Å². The number of hydrogen-bond acceptors (Lipinski definition) is 4. The van der Waals surface area contributed by atoms with Crippen LogP contribution in [-0.2, 0) is 7.05 Å². The molecule has 0 N–H and O–H groups in total. The maximum atomic E-state index is 11.4. The molecule has 4 nitrogen and oxygen atoms in total. The van der Waals surface area contributed by atoms with Gasteiger partial charge in [-0.1, -0.05) is 18.2 Å². The standard InChI is InChI=1S/C14H16N2O2S/c1-15-12-5-4-11(9-13(12)18-14(15)17)3-2-6-16-7-8-19-10-16/h2-5,9H,6-8,10H2,1H3. The molecular weight excluding hydrogens is 260 g/mol. The highest BCUT2D eigenvalue weighted by Crippen LogP contribution is 2.16. The number of hydrogen-bond donors (Lipinski definition) is 0. The molecule has 1 aliphatic rings. The summed E-state index contributed by atoms with van der Waals surface area (Å²) in [6, 6.07) is 5.84. The van der Waals surface area contributed by atoms with Gasteiger partial charge in [0.05, 0.1) is 5.52 Å². The van der Waals surface area contributed by atoms with E-state index < -0.39 is 0 Å². The molecule has 2 aromatic rings. The van der Waals surface area contributed by atoms with Gasteiger partial charge >= 0.3 is 5.76 Å². The molecule has 0 bridgehead atoms. The monoisotopic (exact) mass is 276 g/mol. The van der Waals surface area contributed by atoms with Crippen LogP contribution in [0.25, 0.3) is 17.2 Å². The lowest BCUT2D eigenvalue weighted by Crippen LogP contribution is -2.18. The predicted octanol–water partition coefficient (Wildman–Crippen LogP) is 2.15.